The van der Waals surface area contributed by atoms with Crippen molar-refractivity contribution in [3.8, 4) is 0 Å². The minimum atomic E-state index is -2.95. The van der Waals surface area contributed by atoms with Crippen LogP contribution in [0.2, 0.25) is 0 Å². The second-order valence-corrected chi connectivity index (χ2v) is 6.84. The molecule has 0 N–H and O–H groups in total. The van der Waals surface area contributed by atoms with E-state index in [0.29, 0.717) is 18.7 Å². The molecule has 2 nitrogen and oxygen atoms in total. The van der Waals surface area contributed by atoms with Gasteiger partial charge in [0.2, 0.25) is 0 Å². The van der Waals surface area contributed by atoms with E-state index in [0.717, 1.165) is 5.56 Å². The molecule has 5 heteroatoms. The molecule has 0 saturated heterocycles. The van der Waals surface area contributed by atoms with E-state index in [4.69, 9.17) is 11.6 Å². The van der Waals surface area contributed by atoms with Crippen LogP contribution in [0.4, 0.5) is 4.39 Å². The van der Waals surface area contributed by atoms with Gasteiger partial charge in [-0.15, -0.1) is 11.6 Å². The summed E-state index contributed by atoms with van der Waals surface area (Å²) in [6.45, 7) is 0. The van der Waals surface area contributed by atoms with E-state index in [1.165, 1.54) is 18.4 Å². The van der Waals surface area contributed by atoms with E-state index in [-0.39, 0.29) is 17.5 Å². The van der Waals surface area contributed by atoms with Crippen molar-refractivity contribution >= 4 is 21.4 Å². The van der Waals surface area contributed by atoms with Gasteiger partial charge in [0.25, 0.3) is 0 Å². The number of hydrogen-bond acceptors (Lipinski definition) is 2. The largest absolute Gasteiger partial charge is 0.229 e. The molecule has 0 aliphatic rings. The molecule has 0 aliphatic heterocycles. The van der Waals surface area contributed by atoms with Gasteiger partial charge in [-0.1, -0.05) is 12.1 Å². The first-order valence-electron chi connectivity index (χ1n) is 5.39. The molecule has 0 bridgehead atoms. The Hall–Kier alpha value is -0.610. The highest BCUT2D eigenvalue weighted by Gasteiger charge is 2.12. The molecule has 0 radical (unpaired) electrons. The van der Waals surface area contributed by atoms with Crippen molar-refractivity contribution in [3.63, 3.8) is 0 Å². The fourth-order valence-electron chi connectivity index (χ4n) is 1.57. The number of halogens is 2. The molecule has 0 saturated carbocycles. The van der Waals surface area contributed by atoms with E-state index in [2.05, 4.69) is 0 Å². The molecular formula is C12H16ClFO2S. The van der Waals surface area contributed by atoms with Crippen LogP contribution in [0.5, 0.6) is 0 Å². The first-order chi connectivity index (χ1) is 7.90. The van der Waals surface area contributed by atoms with Gasteiger partial charge in [0.1, 0.15) is 15.7 Å². The van der Waals surface area contributed by atoms with Gasteiger partial charge in [-0.2, -0.15) is 0 Å². The fourth-order valence-corrected chi connectivity index (χ4v) is 2.59. The Balaban J connectivity index is 2.55. The number of rotatable bonds is 6. The second-order valence-electron chi connectivity index (χ2n) is 4.27. The molecule has 1 atom stereocenters. The number of hydrogen-bond donors (Lipinski definition) is 0. The van der Waals surface area contributed by atoms with Crippen LogP contribution in [0.3, 0.4) is 0 Å². The number of benzene rings is 1. The average Bonchev–Trinajstić information content (AvgIpc) is 2.25. The van der Waals surface area contributed by atoms with Gasteiger partial charge in [0, 0.05) is 12.1 Å². The Morgan fingerprint density at radius 1 is 1.29 bits per heavy atom. The monoisotopic (exact) mass is 278 g/mol. The maximum absolute atomic E-state index is 12.7. The smallest absolute Gasteiger partial charge is 0.147 e. The summed E-state index contributed by atoms with van der Waals surface area (Å²) < 4.78 is 34.8. The standard InChI is InChI=1S/C12H16ClFO2S/c1-17(15,16)7-6-11(9-13)8-10-2-4-12(14)5-3-10/h2-5,11H,6-9H2,1H3. The minimum absolute atomic E-state index is 0.108. The molecule has 0 fully saturated rings. The van der Waals surface area contributed by atoms with E-state index in [9.17, 15) is 12.8 Å². The summed E-state index contributed by atoms with van der Waals surface area (Å²) in [5.41, 5.74) is 0.977. The molecule has 0 spiro atoms. The molecular weight excluding hydrogens is 263 g/mol. The first kappa shape index (κ1) is 14.5. The maximum atomic E-state index is 12.7. The molecule has 0 aliphatic carbocycles. The van der Waals surface area contributed by atoms with Crippen molar-refractivity contribution in [1.82, 2.24) is 0 Å². The van der Waals surface area contributed by atoms with Crippen molar-refractivity contribution in [2.45, 2.75) is 12.8 Å². The lowest BCUT2D eigenvalue weighted by atomic mass is 9.99. The zero-order valence-corrected chi connectivity index (χ0v) is 11.3. The Bertz CT molecular complexity index is 442. The maximum Gasteiger partial charge on any atom is 0.147 e. The van der Waals surface area contributed by atoms with Crippen molar-refractivity contribution in [2.75, 3.05) is 17.9 Å². The van der Waals surface area contributed by atoms with Crippen molar-refractivity contribution < 1.29 is 12.8 Å². The minimum Gasteiger partial charge on any atom is -0.229 e. The molecule has 17 heavy (non-hydrogen) atoms. The van der Waals surface area contributed by atoms with Crippen LogP contribution in [0.1, 0.15) is 12.0 Å². The third-order valence-electron chi connectivity index (χ3n) is 2.55. The van der Waals surface area contributed by atoms with Crippen LogP contribution in [0.25, 0.3) is 0 Å². The van der Waals surface area contributed by atoms with Crippen LogP contribution in [0, 0.1) is 11.7 Å². The summed E-state index contributed by atoms with van der Waals surface area (Å²) in [6, 6.07) is 6.21. The van der Waals surface area contributed by atoms with Crippen LogP contribution in [0.15, 0.2) is 24.3 Å². The topological polar surface area (TPSA) is 34.1 Å². The lowest BCUT2D eigenvalue weighted by Crippen LogP contribution is -2.13. The molecule has 1 rings (SSSR count). The summed E-state index contributed by atoms with van der Waals surface area (Å²) >= 11 is 5.81. The van der Waals surface area contributed by atoms with Crippen LogP contribution >= 0.6 is 11.6 Å². The Labute approximate surface area is 107 Å². The zero-order chi connectivity index (χ0) is 12.9. The summed E-state index contributed by atoms with van der Waals surface area (Å²) in [6.07, 6.45) is 2.44. The lowest BCUT2D eigenvalue weighted by molar-refractivity contribution is 0.549. The molecule has 96 valence electrons. The van der Waals surface area contributed by atoms with Gasteiger partial charge in [0.05, 0.1) is 5.75 Å². The Kier molecular flexibility index (Phi) is 5.40. The summed E-state index contributed by atoms with van der Waals surface area (Å²) in [5, 5.41) is 0. The SMILES string of the molecule is CS(=O)(=O)CCC(CCl)Cc1ccc(F)cc1. The quantitative estimate of drug-likeness (QED) is 0.750. The van der Waals surface area contributed by atoms with Gasteiger partial charge in [-0.05, 0) is 36.5 Å². The van der Waals surface area contributed by atoms with Crippen molar-refractivity contribution in [3.05, 3.63) is 35.6 Å². The molecule has 0 amide bonds. The highest BCUT2D eigenvalue weighted by atomic mass is 35.5. The highest BCUT2D eigenvalue weighted by molar-refractivity contribution is 7.90. The third-order valence-corrected chi connectivity index (χ3v) is 3.97. The molecule has 1 unspecified atom stereocenters. The average molecular weight is 279 g/mol. The van der Waals surface area contributed by atoms with Gasteiger partial charge < -0.3 is 0 Å². The first-order valence-corrected chi connectivity index (χ1v) is 7.98. The van der Waals surface area contributed by atoms with Crippen LogP contribution in [-0.2, 0) is 16.3 Å². The van der Waals surface area contributed by atoms with Crippen LogP contribution in [-0.4, -0.2) is 26.3 Å². The summed E-state index contributed by atoms with van der Waals surface area (Å²) in [7, 11) is -2.95. The van der Waals surface area contributed by atoms with Gasteiger partial charge in [-0.25, -0.2) is 12.8 Å². The van der Waals surface area contributed by atoms with E-state index < -0.39 is 9.84 Å². The molecule has 1 aromatic carbocycles. The van der Waals surface area contributed by atoms with Crippen molar-refractivity contribution in [1.29, 1.82) is 0 Å². The van der Waals surface area contributed by atoms with Gasteiger partial charge in [-0.3, -0.25) is 0 Å². The lowest BCUT2D eigenvalue weighted by Gasteiger charge is -2.13. The number of alkyl halides is 1. The predicted octanol–water partition coefficient (Wildman–Crippen LogP) is 2.66. The summed E-state index contributed by atoms with van der Waals surface area (Å²) in [4.78, 5) is 0. The molecule has 1 aromatic rings. The Morgan fingerprint density at radius 3 is 2.35 bits per heavy atom. The van der Waals surface area contributed by atoms with Crippen LogP contribution < -0.4 is 0 Å². The molecule has 0 heterocycles. The summed E-state index contributed by atoms with van der Waals surface area (Å²) in [5.74, 6) is 0.391. The third kappa shape index (κ3) is 6.03. The van der Waals surface area contributed by atoms with Gasteiger partial charge in [0.15, 0.2) is 0 Å². The predicted molar refractivity (Wildman–Crippen MR) is 68.6 cm³/mol. The fraction of sp³-hybridized carbons (Fsp3) is 0.500. The van der Waals surface area contributed by atoms with E-state index >= 15 is 0 Å². The van der Waals surface area contributed by atoms with E-state index in [1.807, 2.05) is 0 Å². The number of sulfone groups is 1. The van der Waals surface area contributed by atoms with E-state index in [1.54, 1.807) is 12.1 Å². The van der Waals surface area contributed by atoms with Crippen molar-refractivity contribution in [2.24, 2.45) is 5.92 Å². The molecule has 0 aromatic heterocycles. The highest BCUT2D eigenvalue weighted by Crippen LogP contribution is 2.15. The second kappa shape index (κ2) is 6.36. The zero-order valence-electron chi connectivity index (χ0n) is 9.70. The Morgan fingerprint density at radius 2 is 1.88 bits per heavy atom. The normalized spacial score (nSPS) is 13.6. The van der Waals surface area contributed by atoms with Gasteiger partial charge >= 0.3 is 0 Å².